The van der Waals surface area contributed by atoms with Gasteiger partial charge in [-0.25, -0.2) is 0 Å². The minimum atomic E-state index is -0.843. The highest BCUT2D eigenvalue weighted by Crippen LogP contribution is 2.20. The molecule has 0 radical (unpaired) electrons. The molecule has 0 aromatic carbocycles. The smallest absolute Gasteiger partial charge is 0.305 e. The standard InChI is InChI=1S/C79H151NO5/c1-3-5-7-9-11-13-15-17-19-21-23-33-36-39-43-47-51-55-59-63-67-71-77(82)76(75-81)80-78(83)72-68-64-60-56-52-48-44-40-37-34-31-29-27-25-24-26-28-30-32-35-38-42-46-50-54-58-62-66-70-74-85-79(84)73-69-65-61-57-53-49-45-41-22-20-18-16-14-12-10-8-6-4-2/h14,16,20,22,67,71,76-77,81-82H,3-13,15,17-19,21,23-66,68-70,72-75H2,1-2H3,(H,80,83)/b16-14-,22-20-,71-67+. The number of allylic oxidation sites excluding steroid dienone is 5. The Balaban J connectivity index is 3.36. The van der Waals surface area contributed by atoms with Crippen molar-refractivity contribution in [2.45, 2.75) is 443 Å². The number of esters is 1. The van der Waals surface area contributed by atoms with Crippen molar-refractivity contribution in [2.75, 3.05) is 13.2 Å². The molecule has 0 aromatic rings. The fraction of sp³-hybridized carbons (Fsp3) is 0.899. The van der Waals surface area contributed by atoms with E-state index in [0.717, 1.165) is 51.4 Å². The van der Waals surface area contributed by atoms with Crippen LogP contribution >= 0.6 is 0 Å². The number of unbranched alkanes of at least 4 members (excludes halogenated alkanes) is 58. The summed E-state index contributed by atoms with van der Waals surface area (Å²) in [6, 6.07) is -0.626. The second-order valence-corrected chi connectivity index (χ2v) is 26.7. The van der Waals surface area contributed by atoms with E-state index < -0.39 is 12.1 Å². The van der Waals surface area contributed by atoms with Gasteiger partial charge in [-0.2, -0.15) is 0 Å². The van der Waals surface area contributed by atoms with Crippen molar-refractivity contribution in [1.82, 2.24) is 5.32 Å². The lowest BCUT2D eigenvalue weighted by Gasteiger charge is -2.20. The van der Waals surface area contributed by atoms with E-state index >= 15 is 0 Å². The zero-order valence-corrected chi connectivity index (χ0v) is 57.6. The lowest BCUT2D eigenvalue weighted by atomic mass is 10.0. The van der Waals surface area contributed by atoms with Gasteiger partial charge in [0.25, 0.3) is 0 Å². The van der Waals surface area contributed by atoms with Gasteiger partial charge in [0, 0.05) is 12.8 Å². The average molecular weight is 1200 g/mol. The molecule has 0 aliphatic rings. The topological polar surface area (TPSA) is 95.9 Å². The van der Waals surface area contributed by atoms with Gasteiger partial charge in [-0.05, 0) is 64.2 Å². The first-order valence-electron chi connectivity index (χ1n) is 38.8. The second kappa shape index (κ2) is 74.5. The fourth-order valence-corrected chi connectivity index (χ4v) is 12.3. The van der Waals surface area contributed by atoms with Crippen LogP contribution in [0.2, 0.25) is 0 Å². The third-order valence-corrected chi connectivity index (χ3v) is 18.2. The Labute approximate surface area is 532 Å². The molecule has 0 rings (SSSR count). The molecule has 0 aromatic heterocycles. The van der Waals surface area contributed by atoms with Crippen LogP contribution in [0.3, 0.4) is 0 Å². The zero-order chi connectivity index (χ0) is 61.3. The van der Waals surface area contributed by atoms with Crippen LogP contribution in [0, 0.1) is 0 Å². The van der Waals surface area contributed by atoms with Crippen LogP contribution in [-0.2, 0) is 14.3 Å². The van der Waals surface area contributed by atoms with Gasteiger partial charge >= 0.3 is 5.97 Å². The summed E-state index contributed by atoms with van der Waals surface area (Å²) in [5, 5.41) is 23.3. The quantitative estimate of drug-likeness (QED) is 0.0320. The molecule has 0 aliphatic carbocycles. The first-order valence-corrected chi connectivity index (χ1v) is 38.8. The van der Waals surface area contributed by atoms with Crippen molar-refractivity contribution in [1.29, 1.82) is 0 Å². The summed E-state index contributed by atoms with van der Waals surface area (Å²) in [5.74, 6) is -0.0476. The normalized spacial score (nSPS) is 12.7. The summed E-state index contributed by atoms with van der Waals surface area (Å²) in [6.45, 7) is 4.93. The molecule has 0 saturated carbocycles. The molecule has 85 heavy (non-hydrogen) atoms. The first-order chi connectivity index (χ1) is 42.0. The predicted octanol–water partition coefficient (Wildman–Crippen LogP) is 25.4. The van der Waals surface area contributed by atoms with E-state index in [-0.39, 0.29) is 18.5 Å². The molecular weight excluding hydrogens is 1040 g/mol. The maximum atomic E-state index is 12.5. The van der Waals surface area contributed by atoms with Gasteiger partial charge in [-0.1, -0.05) is 391 Å². The summed E-state index contributed by atoms with van der Waals surface area (Å²) in [4.78, 5) is 24.7. The maximum absolute atomic E-state index is 12.5. The summed E-state index contributed by atoms with van der Waals surface area (Å²) in [6.07, 6.45) is 96.8. The van der Waals surface area contributed by atoms with Gasteiger partial charge in [-0.15, -0.1) is 0 Å². The molecule has 2 unspecified atom stereocenters. The van der Waals surface area contributed by atoms with Crippen molar-refractivity contribution >= 4 is 11.9 Å². The first kappa shape index (κ1) is 83.1. The lowest BCUT2D eigenvalue weighted by Crippen LogP contribution is -2.45. The molecule has 6 heteroatoms. The Bertz CT molecular complexity index is 1380. The Kier molecular flexibility index (Phi) is 72.9. The number of nitrogens with one attached hydrogen (secondary N) is 1. The number of amides is 1. The lowest BCUT2D eigenvalue weighted by molar-refractivity contribution is -0.143. The van der Waals surface area contributed by atoms with Gasteiger partial charge in [0.05, 0.1) is 25.4 Å². The van der Waals surface area contributed by atoms with E-state index in [1.165, 1.54) is 353 Å². The third-order valence-electron chi connectivity index (χ3n) is 18.2. The molecule has 0 aliphatic heterocycles. The summed E-state index contributed by atoms with van der Waals surface area (Å²) >= 11 is 0. The number of carbonyl (C=O) groups is 2. The number of hydrogen-bond acceptors (Lipinski definition) is 5. The highest BCUT2D eigenvalue weighted by molar-refractivity contribution is 5.76. The van der Waals surface area contributed by atoms with Crippen LogP contribution in [0.4, 0.5) is 0 Å². The molecule has 0 heterocycles. The number of rotatable bonds is 73. The van der Waals surface area contributed by atoms with Crippen LogP contribution in [0.15, 0.2) is 36.5 Å². The van der Waals surface area contributed by atoms with Crippen molar-refractivity contribution in [3.63, 3.8) is 0 Å². The van der Waals surface area contributed by atoms with E-state index in [1.54, 1.807) is 6.08 Å². The Morgan fingerprint density at radius 3 is 0.906 bits per heavy atom. The van der Waals surface area contributed by atoms with E-state index in [9.17, 15) is 19.8 Å². The molecule has 6 nitrogen and oxygen atoms in total. The number of carbonyl (C=O) groups excluding carboxylic acids is 2. The van der Waals surface area contributed by atoms with Gasteiger partial charge < -0.3 is 20.3 Å². The Hall–Kier alpha value is -1.92. The van der Waals surface area contributed by atoms with Crippen molar-refractivity contribution < 1.29 is 24.5 Å². The number of ether oxygens (including phenoxy) is 1. The monoisotopic (exact) mass is 1190 g/mol. The van der Waals surface area contributed by atoms with Crippen molar-refractivity contribution in [2.24, 2.45) is 0 Å². The molecule has 2 atom stereocenters. The maximum Gasteiger partial charge on any atom is 0.305 e. The molecular formula is C79H151NO5. The number of hydrogen-bond donors (Lipinski definition) is 3. The van der Waals surface area contributed by atoms with Crippen LogP contribution < -0.4 is 5.32 Å². The molecule has 1 amide bonds. The zero-order valence-electron chi connectivity index (χ0n) is 57.6. The van der Waals surface area contributed by atoms with Crippen LogP contribution in [0.25, 0.3) is 0 Å². The van der Waals surface area contributed by atoms with Crippen molar-refractivity contribution in [3.8, 4) is 0 Å². The van der Waals surface area contributed by atoms with Gasteiger partial charge in [0.1, 0.15) is 0 Å². The Morgan fingerprint density at radius 2 is 0.588 bits per heavy atom. The highest BCUT2D eigenvalue weighted by atomic mass is 16.5. The second-order valence-electron chi connectivity index (χ2n) is 26.7. The minimum Gasteiger partial charge on any atom is -0.466 e. The third kappa shape index (κ3) is 71.0. The van der Waals surface area contributed by atoms with E-state index in [4.69, 9.17) is 4.74 Å². The minimum absolute atomic E-state index is 0.0125. The van der Waals surface area contributed by atoms with Gasteiger partial charge in [0.2, 0.25) is 5.91 Å². The molecule has 502 valence electrons. The number of aliphatic hydroxyl groups is 2. The summed E-state index contributed by atoms with van der Waals surface area (Å²) in [7, 11) is 0. The SMILES string of the molecule is CCCCCC/C=C\C/C=C\CCCCCCCCCC(=O)OCCCCCCCCCCCCCCCCCCCCCCCCCCCCCCCC(=O)NC(CO)C(O)/C=C/CCCCCCCCCCCCCCCCCCCCC. The largest absolute Gasteiger partial charge is 0.466 e. The van der Waals surface area contributed by atoms with E-state index in [2.05, 4.69) is 43.5 Å². The molecule has 0 fully saturated rings. The molecule has 0 spiro atoms. The summed E-state index contributed by atoms with van der Waals surface area (Å²) in [5.41, 5.74) is 0. The van der Waals surface area contributed by atoms with Crippen molar-refractivity contribution in [3.05, 3.63) is 36.5 Å². The molecule has 0 saturated heterocycles. The number of aliphatic hydroxyl groups excluding tert-OH is 2. The fourth-order valence-electron chi connectivity index (χ4n) is 12.3. The molecule has 0 bridgehead atoms. The van der Waals surface area contributed by atoms with Gasteiger partial charge in [0.15, 0.2) is 0 Å². The van der Waals surface area contributed by atoms with Gasteiger partial charge in [-0.3, -0.25) is 9.59 Å². The summed E-state index contributed by atoms with van der Waals surface area (Å²) < 4.78 is 5.51. The Morgan fingerprint density at radius 1 is 0.329 bits per heavy atom. The van der Waals surface area contributed by atoms with Crippen LogP contribution in [0.5, 0.6) is 0 Å². The van der Waals surface area contributed by atoms with Crippen LogP contribution in [-0.4, -0.2) is 47.4 Å². The van der Waals surface area contributed by atoms with E-state index in [1.807, 2.05) is 6.08 Å². The highest BCUT2D eigenvalue weighted by Gasteiger charge is 2.18. The molecule has 3 N–H and O–H groups in total. The van der Waals surface area contributed by atoms with E-state index in [0.29, 0.717) is 19.4 Å². The average Bonchev–Trinajstić information content (AvgIpc) is 3.51. The van der Waals surface area contributed by atoms with Crippen LogP contribution in [0.1, 0.15) is 431 Å². The predicted molar refractivity (Wildman–Crippen MR) is 375 cm³/mol.